The van der Waals surface area contributed by atoms with E-state index in [4.69, 9.17) is 4.52 Å². The first-order valence-corrected chi connectivity index (χ1v) is 10.1. The minimum absolute atomic E-state index is 0.0240. The van der Waals surface area contributed by atoms with Crippen LogP contribution in [0.4, 0.5) is 10.5 Å². The van der Waals surface area contributed by atoms with Crippen molar-refractivity contribution in [2.45, 2.75) is 39.3 Å². The Hall–Kier alpha value is -2.87. The van der Waals surface area contributed by atoms with Gasteiger partial charge in [-0.3, -0.25) is 9.69 Å². The van der Waals surface area contributed by atoms with Crippen LogP contribution in [0.2, 0.25) is 0 Å². The van der Waals surface area contributed by atoms with Crippen LogP contribution >= 0.6 is 0 Å². The van der Waals surface area contributed by atoms with Crippen molar-refractivity contribution in [3.05, 3.63) is 46.8 Å². The Labute approximate surface area is 170 Å². The number of carbonyl (C=O) groups is 2. The summed E-state index contributed by atoms with van der Waals surface area (Å²) in [5.41, 5.74) is 3.39. The minimum atomic E-state index is -0.194. The first-order valence-electron chi connectivity index (χ1n) is 10.1. The van der Waals surface area contributed by atoms with E-state index >= 15 is 0 Å². The smallest absolute Gasteiger partial charge is 0.319 e. The fourth-order valence-electron chi connectivity index (χ4n) is 3.52. The van der Waals surface area contributed by atoms with Crippen LogP contribution in [0.1, 0.15) is 40.2 Å². The predicted molar refractivity (Wildman–Crippen MR) is 109 cm³/mol. The minimum Gasteiger partial charge on any atom is -0.361 e. The number of piperazine rings is 1. The first kappa shape index (κ1) is 19.4. The summed E-state index contributed by atoms with van der Waals surface area (Å²) in [4.78, 5) is 28.8. The number of nitrogens with zero attached hydrogens (tertiary/aromatic N) is 3. The number of carbonyl (C=O) groups excluding carboxylic acids is 2. The zero-order valence-corrected chi connectivity index (χ0v) is 16.9. The summed E-state index contributed by atoms with van der Waals surface area (Å²) in [6.07, 6.45) is 2.10. The van der Waals surface area contributed by atoms with Gasteiger partial charge in [0, 0.05) is 55.6 Å². The largest absolute Gasteiger partial charge is 0.361 e. The van der Waals surface area contributed by atoms with Crippen molar-refractivity contribution in [2.75, 3.05) is 31.5 Å². The molecule has 1 aliphatic heterocycles. The maximum atomic E-state index is 12.8. The van der Waals surface area contributed by atoms with Crippen LogP contribution in [-0.2, 0) is 6.54 Å². The number of urea groups is 1. The maximum absolute atomic E-state index is 12.8. The molecule has 1 aromatic heterocycles. The van der Waals surface area contributed by atoms with Crippen LogP contribution in [0.25, 0.3) is 0 Å². The van der Waals surface area contributed by atoms with Crippen LogP contribution in [0, 0.1) is 13.8 Å². The number of benzene rings is 1. The lowest BCUT2D eigenvalue weighted by Gasteiger charge is -2.34. The second-order valence-electron chi connectivity index (χ2n) is 7.82. The molecule has 0 bridgehead atoms. The van der Waals surface area contributed by atoms with Crippen molar-refractivity contribution in [3.63, 3.8) is 0 Å². The molecule has 4 rings (SSSR count). The van der Waals surface area contributed by atoms with Crippen LogP contribution in [0.5, 0.6) is 0 Å². The molecule has 0 spiro atoms. The Kier molecular flexibility index (Phi) is 5.53. The second-order valence-corrected chi connectivity index (χ2v) is 7.82. The lowest BCUT2D eigenvalue weighted by Crippen LogP contribution is -2.48. The Morgan fingerprint density at radius 1 is 1.10 bits per heavy atom. The number of amides is 3. The average molecular weight is 397 g/mol. The van der Waals surface area contributed by atoms with Gasteiger partial charge in [-0.1, -0.05) is 5.16 Å². The molecule has 0 unspecified atom stereocenters. The van der Waals surface area contributed by atoms with Crippen LogP contribution in [-0.4, -0.2) is 59.1 Å². The number of hydrogen-bond acceptors (Lipinski definition) is 5. The van der Waals surface area contributed by atoms with Crippen LogP contribution in [0.3, 0.4) is 0 Å². The molecule has 1 aliphatic carbocycles. The van der Waals surface area contributed by atoms with Gasteiger partial charge in [-0.2, -0.15) is 0 Å². The monoisotopic (exact) mass is 397 g/mol. The fraction of sp³-hybridized carbons (Fsp3) is 0.476. The quantitative estimate of drug-likeness (QED) is 0.809. The molecule has 2 fully saturated rings. The average Bonchev–Trinajstić information content (AvgIpc) is 3.48. The summed E-state index contributed by atoms with van der Waals surface area (Å²) in [5.74, 6) is 0.886. The van der Waals surface area contributed by atoms with E-state index in [1.165, 1.54) is 0 Å². The number of anilines is 1. The van der Waals surface area contributed by atoms with Crippen molar-refractivity contribution in [3.8, 4) is 0 Å². The zero-order chi connectivity index (χ0) is 20.4. The summed E-state index contributed by atoms with van der Waals surface area (Å²) in [6.45, 7) is 7.70. The molecule has 2 aliphatic rings. The highest BCUT2D eigenvalue weighted by atomic mass is 16.5. The van der Waals surface area contributed by atoms with Gasteiger partial charge in [0.15, 0.2) is 0 Å². The summed E-state index contributed by atoms with van der Waals surface area (Å²) in [5, 5.41) is 9.69. The Morgan fingerprint density at radius 3 is 2.38 bits per heavy atom. The summed E-state index contributed by atoms with van der Waals surface area (Å²) >= 11 is 0. The standard InChI is InChI=1S/C21H27N5O3/c1-14-19(15(2)29-24-14)13-25-9-11-26(12-10-25)20(27)16-3-5-17(6-4-16)22-21(28)23-18-7-8-18/h3-6,18H,7-13H2,1-2H3,(H2,22,23,28). The van der Waals surface area contributed by atoms with Gasteiger partial charge in [0.1, 0.15) is 5.76 Å². The molecular weight excluding hydrogens is 370 g/mol. The Bertz CT molecular complexity index is 861. The van der Waals surface area contributed by atoms with E-state index in [-0.39, 0.29) is 11.9 Å². The molecule has 1 saturated heterocycles. The van der Waals surface area contributed by atoms with Gasteiger partial charge in [0.25, 0.3) is 5.91 Å². The number of aromatic nitrogens is 1. The van der Waals surface area contributed by atoms with E-state index in [1.807, 2.05) is 18.7 Å². The van der Waals surface area contributed by atoms with E-state index in [9.17, 15) is 9.59 Å². The highest BCUT2D eigenvalue weighted by molar-refractivity contribution is 5.95. The molecular formula is C21H27N5O3. The number of rotatable bonds is 5. The van der Waals surface area contributed by atoms with Crippen LogP contribution < -0.4 is 10.6 Å². The SMILES string of the molecule is Cc1noc(C)c1CN1CCN(C(=O)c2ccc(NC(=O)NC3CC3)cc2)CC1. The fourth-order valence-corrected chi connectivity index (χ4v) is 3.52. The topological polar surface area (TPSA) is 90.7 Å². The summed E-state index contributed by atoms with van der Waals surface area (Å²) in [7, 11) is 0. The van der Waals surface area contributed by atoms with Crippen molar-refractivity contribution >= 4 is 17.6 Å². The van der Waals surface area contributed by atoms with Gasteiger partial charge in [0.2, 0.25) is 0 Å². The van der Waals surface area contributed by atoms with Crippen molar-refractivity contribution in [2.24, 2.45) is 0 Å². The van der Waals surface area contributed by atoms with E-state index in [1.54, 1.807) is 24.3 Å². The lowest BCUT2D eigenvalue weighted by atomic mass is 10.1. The maximum Gasteiger partial charge on any atom is 0.319 e. The molecule has 2 N–H and O–H groups in total. The first-order chi connectivity index (χ1) is 14.0. The molecule has 8 nitrogen and oxygen atoms in total. The van der Waals surface area contributed by atoms with E-state index in [0.717, 1.165) is 49.5 Å². The number of aryl methyl sites for hydroxylation is 2. The highest BCUT2D eigenvalue weighted by Gasteiger charge is 2.24. The molecule has 0 atom stereocenters. The third-order valence-corrected chi connectivity index (χ3v) is 5.52. The van der Waals surface area contributed by atoms with Crippen molar-refractivity contribution in [1.82, 2.24) is 20.3 Å². The summed E-state index contributed by atoms with van der Waals surface area (Å²) < 4.78 is 5.24. The highest BCUT2D eigenvalue weighted by Crippen LogP contribution is 2.20. The van der Waals surface area contributed by atoms with Gasteiger partial charge < -0.3 is 20.1 Å². The lowest BCUT2D eigenvalue weighted by molar-refractivity contribution is 0.0627. The van der Waals surface area contributed by atoms with Gasteiger partial charge in [-0.15, -0.1) is 0 Å². The Balaban J connectivity index is 1.28. The number of nitrogens with one attached hydrogen (secondary N) is 2. The van der Waals surface area contributed by atoms with Crippen molar-refractivity contribution < 1.29 is 14.1 Å². The molecule has 1 aromatic carbocycles. The molecule has 1 saturated carbocycles. The molecule has 2 aromatic rings. The van der Waals surface area contributed by atoms with E-state index in [0.29, 0.717) is 30.4 Å². The van der Waals surface area contributed by atoms with E-state index < -0.39 is 0 Å². The van der Waals surface area contributed by atoms with Gasteiger partial charge >= 0.3 is 6.03 Å². The second kappa shape index (κ2) is 8.24. The molecule has 8 heteroatoms. The van der Waals surface area contributed by atoms with Crippen LogP contribution in [0.15, 0.2) is 28.8 Å². The zero-order valence-electron chi connectivity index (χ0n) is 16.9. The molecule has 2 heterocycles. The van der Waals surface area contributed by atoms with Gasteiger partial charge in [0.05, 0.1) is 5.69 Å². The summed E-state index contributed by atoms with van der Waals surface area (Å²) in [6, 6.07) is 7.20. The molecule has 0 radical (unpaired) electrons. The third-order valence-electron chi connectivity index (χ3n) is 5.52. The molecule has 154 valence electrons. The normalized spacial score (nSPS) is 17.2. The van der Waals surface area contributed by atoms with Gasteiger partial charge in [-0.05, 0) is 51.0 Å². The van der Waals surface area contributed by atoms with Crippen molar-refractivity contribution in [1.29, 1.82) is 0 Å². The number of hydrogen-bond donors (Lipinski definition) is 2. The Morgan fingerprint density at radius 2 is 1.79 bits per heavy atom. The third kappa shape index (κ3) is 4.76. The molecule has 3 amide bonds. The molecule has 29 heavy (non-hydrogen) atoms. The van der Waals surface area contributed by atoms with E-state index in [2.05, 4.69) is 20.7 Å². The predicted octanol–water partition coefficient (Wildman–Crippen LogP) is 2.53. The van der Waals surface area contributed by atoms with Gasteiger partial charge in [-0.25, -0.2) is 4.79 Å².